The summed E-state index contributed by atoms with van der Waals surface area (Å²) in [6.45, 7) is 1.24. The zero-order valence-corrected chi connectivity index (χ0v) is 16.8. The first kappa shape index (κ1) is 18.4. The summed E-state index contributed by atoms with van der Waals surface area (Å²) >= 11 is 5.98. The Bertz CT molecular complexity index is 1320. The van der Waals surface area contributed by atoms with E-state index in [0.717, 1.165) is 11.3 Å². The Labute approximate surface area is 176 Å². The van der Waals surface area contributed by atoms with Crippen molar-refractivity contribution < 1.29 is 4.79 Å². The Kier molecular flexibility index (Phi) is 4.29. The molecule has 9 heteroatoms. The van der Waals surface area contributed by atoms with Crippen molar-refractivity contribution >= 4 is 34.4 Å². The van der Waals surface area contributed by atoms with E-state index in [0.29, 0.717) is 40.8 Å². The van der Waals surface area contributed by atoms with E-state index in [2.05, 4.69) is 10.3 Å². The maximum atomic E-state index is 13.4. The van der Waals surface area contributed by atoms with Gasteiger partial charge in [0.15, 0.2) is 0 Å². The predicted octanol–water partition coefficient (Wildman–Crippen LogP) is 2.97. The first-order valence-corrected chi connectivity index (χ1v) is 9.76. The molecule has 0 aliphatic carbocycles. The molecular weight excluding hydrogens is 404 g/mol. The van der Waals surface area contributed by atoms with Gasteiger partial charge in [-0.2, -0.15) is 0 Å². The van der Waals surface area contributed by atoms with Crippen LogP contribution in [0.1, 0.15) is 0 Å². The number of pyridine rings is 1. The third-order valence-electron chi connectivity index (χ3n) is 5.13. The second-order valence-electron chi connectivity index (χ2n) is 7.00. The van der Waals surface area contributed by atoms with Gasteiger partial charge >= 0.3 is 6.03 Å². The number of nitrogens with one attached hydrogen (secondary N) is 1. The summed E-state index contributed by atoms with van der Waals surface area (Å²) in [6.07, 6.45) is 3.30. The first-order valence-electron chi connectivity index (χ1n) is 9.39. The molecule has 1 saturated heterocycles. The van der Waals surface area contributed by atoms with Crippen LogP contribution >= 0.6 is 11.6 Å². The molecule has 0 unspecified atom stereocenters. The van der Waals surface area contributed by atoms with Gasteiger partial charge in [-0.05, 0) is 42.5 Å². The van der Waals surface area contributed by atoms with Crippen LogP contribution in [0.4, 0.5) is 10.5 Å². The summed E-state index contributed by atoms with van der Waals surface area (Å²) in [4.78, 5) is 36.0. The summed E-state index contributed by atoms with van der Waals surface area (Å²) in [5, 5.41) is 3.27. The number of rotatable bonds is 3. The Balaban J connectivity index is 1.70. The molecule has 150 valence electrons. The van der Waals surface area contributed by atoms with Crippen LogP contribution in [-0.4, -0.2) is 38.2 Å². The van der Waals surface area contributed by atoms with Crippen LogP contribution in [0.2, 0.25) is 5.02 Å². The minimum absolute atomic E-state index is 0.117. The highest BCUT2D eigenvalue weighted by Gasteiger charge is 2.22. The van der Waals surface area contributed by atoms with E-state index in [4.69, 9.17) is 16.6 Å². The van der Waals surface area contributed by atoms with Gasteiger partial charge in [-0.15, -0.1) is 0 Å². The molecule has 4 heterocycles. The molecule has 4 aromatic rings. The molecular formula is C21H17ClN6O2. The number of hydrogen-bond acceptors (Lipinski definition) is 4. The van der Waals surface area contributed by atoms with Crippen LogP contribution in [0, 0.1) is 0 Å². The number of fused-ring (bicyclic) bond motifs is 1. The molecule has 1 aliphatic heterocycles. The molecule has 2 amide bonds. The SMILES string of the molecule is Cn1ccc2nc(-c3ccc(N4CCNC4=O)cc3)n(-c3ccc(Cl)cn3)c(=O)c21. The van der Waals surface area contributed by atoms with Crippen LogP contribution in [0.25, 0.3) is 28.2 Å². The number of benzene rings is 1. The number of carbonyl (C=O) groups is 1. The second-order valence-corrected chi connectivity index (χ2v) is 7.44. The van der Waals surface area contributed by atoms with Crippen molar-refractivity contribution in [3.05, 3.63) is 70.2 Å². The molecule has 1 aliphatic rings. The van der Waals surface area contributed by atoms with Crippen LogP contribution < -0.4 is 15.8 Å². The summed E-state index contributed by atoms with van der Waals surface area (Å²) in [5.41, 5.74) is 2.39. The second kappa shape index (κ2) is 7.00. The van der Waals surface area contributed by atoms with E-state index >= 15 is 0 Å². The molecule has 0 atom stereocenters. The number of aromatic nitrogens is 4. The van der Waals surface area contributed by atoms with Crippen molar-refractivity contribution in [1.82, 2.24) is 24.4 Å². The van der Waals surface area contributed by atoms with Gasteiger partial charge in [0.25, 0.3) is 5.56 Å². The third kappa shape index (κ3) is 2.93. The predicted molar refractivity (Wildman–Crippen MR) is 115 cm³/mol. The summed E-state index contributed by atoms with van der Waals surface area (Å²) in [6, 6.07) is 12.5. The molecule has 5 rings (SSSR count). The maximum absolute atomic E-state index is 13.4. The lowest BCUT2D eigenvalue weighted by atomic mass is 10.1. The van der Waals surface area contributed by atoms with Gasteiger partial charge in [0.05, 0.1) is 10.5 Å². The van der Waals surface area contributed by atoms with Crippen molar-refractivity contribution in [2.24, 2.45) is 7.05 Å². The van der Waals surface area contributed by atoms with E-state index in [9.17, 15) is 9.59 Å². The highest BCUT2D eigenvalue weighted by Crippen LogP contribution is 2.25. The largest absolute Gasteiger partial charge is 0.345 e. The third-order valence-corrected chi connectivity index (χ3v) is 5.35. The lowest BCUT2D eigenvalue weighted by Crippen LogP contribution is -2.27. The number of anilines is 1. The zero-order valence-electron chi connectivity index (χ0n) is 16.0. The molecule has 0 bridgehead atoms. The molecule has 30 heavy (non-hydrogen) atoms. The van der Waals surface area contributed by atoms with Crippen molar-refractivity contribution in [2.75, 3.05) is 18.0 Å². The van der Waals surface area contributed by atoms with Crippen molar-refractivity contribution in [3.8, 4) is 17.2 Å². The highest BCUT2D eigenvalue weighted by atomic mass is 35.5. The standard InChI is InChI=1S/C21H17ClN6O2/c1-26-10-8-16-18(26)20(29)28(17-7-4-14(22)12-24-17)19(25-16)13-2-5-15(6-3-13)27-11-9-23-21(27)30/h2-8,10,12H,9,11H2,1H3,(H,23,30). The summed E-state index contributed by atoms with van der Waals surface area (Å²) in [7, 11) is 1.81. The number of halogens is 1. The number of carbonyl (C=O) groups excluding carboxylic acids is 1. The average Bonchev–Trinajstić information content (AvgIpc) is 3.34. The Morgan fingerprint density at radius 2 is 1.87 bits per heavy atom. The van der Waals surface area contributed by atoms with Crippen LogP contribution in [0.15, 0.2) is 59.7 Å². The molecule has 8 nitrogen and oxygen atoms in total. The van der Waals surface area contributed by atoms with Gasteiger partial charge in [0.2, 0.25) is 0 Å². The number of aryl methyl sites for hydroxylation is 1. The van der Waals surface area contributed by atoms with Gasteiger partial charge in [-0.1, -0.05) is 11.6 Å². The Morgan fingerprint density at radius 3 is 2.53 bits per heavy atom. The van der Waals surface area contributed by atoms with Crippen LogP contribution in [0.3, 0.4) is 0 Å². The fourth-order valence-electron chi connectivity index (χ4n) is 3.65. The first-order chi connectivity index (χ1) is 14.5. The number of amides is 2. The molecule has 0 saturated carbocycles. The topological polar surface area (TPSA) is 85.1 Å². The highest BCUT2D eigenvalue weighted by molar-refractivity contribution is 6.30. The Hall–Kier alpha value is -3.65. The van der Waals surface area contributed by atoms with E-state index in [1.54, 1.807) is 34.8 Å². The van der Waals surface area contributed by atoms with Crippen molar-refractivity contribution in [3.63, 3.8) is 0 Å². The normalized spacial score (nSPS) is 13.8. The van der Waals surface area contributed by atoms with Crippen molar-refractivity contribution in [2.45, 2.75) is 0 Å². The van der Waals surface area contributed by atoms with Gasteiger partial charge in [0, 0.05) is 43.8 Å². The number of hydrogen-bond donors (Lipinski definition) is 1. The summed E-state index contributed by atoms with van der Waals surface area (Å²) in [5.74, 6) is 0.893. The van der Waals surface area contributed by atoms with Gasteiger partial charge < -0.3 is 9.88 Å². The fraction of sp³-hybridized carbons (Fsp3) is 0.143. The zero-order chi connectivity index (χ0) is 20.8. The lowest BCUT2D eigenvalue weighted by Gasteiger charge is -2.16. The van der Waals surface area contributed by atoms with Gasteiger partial charge in [-0.25, -0.2) is 19.3 Å². The maximum Gasteiger partial charge on any atom is 0.321 e. The average molecular weight is 421 g/mol. The number of urea groups is 1. The fourth-order valence-corrected chi connectivity index (χ4v) is 3.76. The lowest BCUT2D eigenvalue weighted by molar-refractivity contribution is 0.252. The monoisotopic (exact) mass is 420 g/mol. The van der Waals surface area contributed by atoms with Gasteiger partial charge in [-0.3, -0.25) is 9.69 Å². The molecule has 0 spiro atoms. The van der Waals surface area contributed by atoms with Crippen LogP contribution in [-0.2, 0) is 7.05 Å². The van der Waals surface area contributed by atoms with Crippen molar-refractivity contribution in [1.29, 1.82) is 0 Å². The molecule has 1 fully saturated rings. The molecule has 1 N–H and O–H groups in total. The van der Waals surface area contributed by atoms with E-state index in [1.165, 1.54) is 10.8 Å². The van der Waals surface area contributed by atoms with E-state index in [1.807, 2.05) is 30.3 Å². The minimum atomic E-state index is -0.222. The van der Waals surface area contributed by atoms with Gasteiger partial charge in [0.1, 0.15) is 17.2 Å². The molecule has 1 aromatic carbocycles. The number of nitrogens with zero attached hydrogens (tertiary/aromatic N) is 5. The molecule has 3 aromatic heterocycles. The molecule has 0 radical (unpaired) electrons. The minimum Gasteiger partial charge on any atom is -0.345 e. The summed E-state index contributed by atoms with van der Waals surface area (Å²) < 4.78 is 3.23. The van der Waals surface area contributed by atoms with Crippen LogP contribution in [0.5, 0.6) is 0 Å². The smallest absolute Gasteiger partial charge is 0.321 e. The van der Waals surface area contributed by atoms with E-state index in [-0.39, 0.29) is 11.6 Å². The quantitative estimate of drug-likeness (QED) is 0.552. The Morgan fingerprint density at radius 1 is 1.07 bits per heavy atom. The van der Waals surface area contributed by atoms with E-state index < -0.39 is 0 Å².